The molecule has 0 aromatic rings. The van der Waals surface area contributed by atoms with E-state index in [-0.39, 0.29) is 24.0 Å². The zero-order valence-electron chi connectivity index (χ0n) is 6.55. The minimum absolute atomic E-state index is 0. The average Bonchev–Trinajstić information content (AvgIpc) is 2.19. The van der Waals surface area contributed by atoms with Crippen molar-refractivity contribution in [1.29, 1.82) is 0 Å². The normalized spacial score (nSPS) is 39.3. The molecule has 0 spiro atoms. The molecule has 0 saturated carbocycles. The molecule has 2 heterocycles. The summed E-state index contributed by atoms with van der Waals surface area (Å²) in [5, 5.41) is 0. The van der Waals surface area contributed by atoms with Crippen molar-refractivity contribution in [3.05, 3.63) is 0 Å². The van der Waals surface area contributed by atoms with Crippen LogP contribution in [0, 0.1) is 0 Å². The van der Waals surface area contributed by atoms with Gasteiger partial charge >= 0.3 is 0 Å². The van der Waals surface area contributed by atoms with Crippen LogP contribution in [0.15, 0.2) is 0 Å². The summed E-state index contributed by atoms with van der Waals surface area (Å²) in [6, 6.07) is 1.92. The second-order valence-electron chi connectivity index (χ2n) is 3.48. The van der Waals surface area contributed by atoms with Crippen molar-refractivity contribution in [2.75, 3.05) is 7.05 Å². The summed E-state index contributed by atoms with van der Waals surface area (Å²) in [6.45, 7) is 0. The van der Waals surface area contributed by atoms with E-state index in [1.807, 2.05) is 0 Å². The van der Waals surface area contributed by atoms with E-state index in [2.05, 4.69) is 11.9 Å². The number of hydrogen-bond acceptors (Lipinski definition) is 1. The van der Waals surface area contributed by atoms with Crippen molar-refractivity contribution in [1.82, 2.24) is 4.90 Å². The zero-order valence-corrected chi connectivity index (χ0v) is 8.88. The van der Waals surface area contributed by atoms with Gasteiger partial charge in [-0.2, -0.15) is 0 Å². The second-order valence-corrected chi connectivity index (χ2v) is 3.48. The van der Waals surface area contributed by atoms with Crippen molar-refractivity contribution in [3.63, 3.8) is 0 Å². The van der Waals surface area contributed by atoms with Crippen LogP contribution < -0.4 is 0 Å². The molecule has 0 N–H and O–H groups in total. The molecule has 2 aliphatic rings. The predicted molar refractivity (Wildman–Crippen MR) is 53.8 cm³/mol. The van der Waals surface area contributed by atoms with Gasteiger partial charge in [0.2, 0.25) is 0 Å². The summed E-state index contributed by atoms with van der Waals surface area (Å²) in [5.41, 5.74) is 0. The van der Waals surface area contributed by atoms with Gasteiger partial charge < -0.3 is 4.90 Å². The molecule has 0 amide bonds. The van der Waals surface area contributed by atoms with E-state index in [1.165, 1.54) is 32.1 Å². The van der Waals surface area contributed by atoms with Crippen LogP contribution in [-0.2, 0) is 0 Å². The molecular weight excluding hydrogens is 237 g/mol. The summed E-state index contributed by atoms with van der Waals surface area (Å²) >= 11 is 0. The maximum absolute atomic E-state index is 2.59. The first-order valence-corrected chi connectivity index (χ1v) is 4.10. The fourth-order valence-electron chi connectivity index (χ4n) is 2.38. The quantitative estimate of drug-likeness (QED) is 0.598. The van der Waals surface area contributed by atoms with E-state index in [0.717, 1.165) is 12.1 Å². The summed E-state index contributed by atoms with van der Waals surface area (Å²) < 4.78 is 0. The van der Waals surface area contributed by atoms with Gasteiger partial charge in [0.05, 0.1) is 0 Å². The van der Waals surface area contributed by atoms with Gasteiger partial charge in [0, 0.05) is 12.1 Å². The Hall–Kier alpha value is 0.690. The lowest BCUT2D eigenvalue weighted by molar-refractivity contribution is 0.179. The Morgan fingerprint density at radius 3 is 1.90 bits per heavy atom. The van der Waals surface area contributed by atoms with E-state index in [0.29, 0.717) is 0 Å². The third-order valence-electron chi connectivity index (χ3n) is 3.06. The molecule has 0 aliphatic carbocycles. The highest BCUT2D eigenvalue weighted by Crippen LogP contribution is 2.33. The Bertz CT molecular complexity index is 99.8. The highest BCUT2D eigenvalue weighted by atomic mass is 127. The molecule has 2 atom stereocenters. The lowest BCUT2D eigenvalue weighted by Gasteiger charge is -2.30. The van der Waals surface area contributed by atoms with Gasteiger partial charge in [-0.05, 0) is 32.7 Å². The number of piperidine rings is 1. The lowest BCUT2D eigenvalue weighted by atomic mass is 10.0. The molecule has 10 heavy (non-hydrogen) atoms. The van der Waals surface area contributed by atoms with Crippen LogP contribution >= 0.6 is 24.0 Å². The van der Waals surface area contributed by atoms with Crippen molar-refractivity contribution < 1.29 is 0 Å². The van der Waals surface area contributed by atoms with E-state index in [4.69, 9.17) is 0 Å². The second kappa shape index (κ2) is 3.39. The fourth-order valence-corrected chi connectivity index (χ4v) is 2.38. The van der Waals surface area contributed by atoms with Crippen molar-refractivity contribution >= 4 is 24.0 Å². The number of nitrogens with zero attached hydrogens (tertiary/aromatic N) is 1. The molecule has 2 fully saturated rings. The largest absolute Gasteiger partial charge is 0.300 e. The number of hydrogen-bond donors (Lipinski definition) is 0. The van der Waals surface area contributed by atoms with Crippen LogP contribution in [0.3, 0.4) is 0 Å². The van der Waals surface area contributed by atoms with Crippen LogP contribution in [0.25, 0.3) is 0 Å². The Labute approximate surface area is 80.2 Å². The SMILES string of the molecule is CN1C2CCCC1CC2.I. The molecule has 2 heteroatoms. The Kier molecular flexibility index (Phi) is 2.98. The van der Waals surface area contributed by atoms with Gasteiger partial charge in [0.25, 0.3) is 0 Å². The van der Waals surface area contributed by atoms with Crippen LogP contribution in [0.5, 0.6) is 0 Å². The third kappa shape index (κ3) is 1.33. The van der Waals surface area contributed by atoms with Gasteiger partial charge in [0.1, 0.15) is 0 Å². The fraction of sp³-hybridized carbons (Fsp3) is 1.00. The van der Waals surface area contributed by atoms with Crippen molar-refractivity contribution in [2.45, 2.75) is 44.2 Å². The molecule has 1 nitrogen and oxygen atoms in total. The first-order chi connectivity index (χ1) is 4.38. The molecular formula is C8H16IN. The number of halogens is 1. The van der Waals surface area contributed by atoms with E-state index in [1.54, 1.807) is 0 Å². The van der Waals surface area contributed by atoms with Gasteiger partial charge in [0.15, 0.2) is 0 Å². The molecule has 60 valence electrons. The highest BCUT2D eigenvalue weighted by Gasteiger charge is 2.33. The molecule has 0 aromatic heterocycles. The van der Waals surface area contributed by atoms with Crippen LogP contribution in [-0.4, -0.2) is 24.0 Å². The molecule has 0 radical (unpaired) electrons. The van der Waals surface area contributed by atoms with Gasteiger partial charge in [-0.15, -0.1) is 24.0 Å². The maximum atomic E-state index is 2.59. The maximum Gasteiger partial charge on any atom is 0.00957 e. The van der Waals surface area contributed by atoms with Crippen molar-refractivity contribution in [3.8, 4) is 0 Å². The number of fused-ring (bicyclic) bond motifs is 2. The first kappa shape index (κ1) is 8.78. The van der Waals surface area contributed by atoms with Crippen molar-refractivity contribution in [2.24, 2.45) is 0 Å². The Balaban J connectivity index is 0.000000500. The highest BCUT2D eigenvalue weighted by molar-refractivity contribution is 14.0. The average molecular weight is 253 g/mol. The topological polar surface area (TPSA) is 3.24 Å². The first-order valence-electron chi connectivity index (χ1n) is 4.10. The van der Waals surface area contributed by atoms with Crippen LogP contribution in [0.1, 0.15) is 32.1 Å². The monoisotopic (exact) mass is 253 g/mol. The summed E-state index contributed by atoms with van der Waals surface area (Å²) in [4.78, 5) is 2.59. The summed E-state index contributed by atoms with van der Waals surface area (Å²) in [7, 11) is 2.29. The molecule has 2 unspecified atom stereocenters. The van der Waals surface area contributed by atoms with E-state index < -0.39 is 0 Å². The van der Waals surface area contributed by atoms with Crippen LogP contribution in [0.4, 0.5) is 0 Å². The Morgan fingerprint density at radius 1 is 1.00 bits per heavy atom. The van der Waals surface area contributed by atoms with E-state index in [9.17, 15) is 0 Å². The third-order valence-corrected chi connectivity index (χ3v) is 3.06. The summed E-state index contributed by atoms with van der Waals surface area (Å²) in [6.07, 6.45) is 7.36. The van der Waals surface area contributed by atoms with E-state index >= 15 is 0 Å². The molecule has 2 saturated heterocycles. The molecule has 2 rings (SSSR count). The van der Waals surface area contributed by atoms with Gasteiger partial charge in [-0.1, -0.05) is 6.42 Å². The zero-order chi connectivity index (χ0) is 6.27. The number of rotatable bonds is 0. The summed E-state index contributed by atoms with van der Waals surface area (Å²) in [5.74, 6) is 0. The molecule has 2 aliphatic heterocycles. The molecule has 2 bridgehead atoms. The minimum Gasteiger partial charge on any atom is -0.300 e. The van der Waals surface area contributed by atoms with Crippen LogP contribution in [0.2, 0.25) is 0 Å². The molecule has 0 aromatic carbocycles. The van der Waals surface area contributed by atoms with Gasteiger partial charge in [-0.25, -0.2) is 0 Å². The lowest BCUT2D eigenvalue weighted by Crippen LogP contribution is -2.35. The Morgan fingerprint density at radius 2 is 1.50 bits per heavy atom. The standard InChI is InChI=1S/C8H15N.HI/c1-9-7-3-2-4-8(9)6-5-7;/h7-8H,2-6H2,1H3;1H. The smallest absolute Gasteiger partial charge is 0.00957 e. The van der Waals surface area contributed by atoms with Gasteiger partial charge in [-0.3, -0.25) is 0 Å². The minimum atomic E-state index is 0. The predicted octanol–water partition coefficient (Wildman–Crippen LogP) is 2.25.